The summed E-state index contributed by atoms with van der Waals surface area (Å²) in [6.45, 7) is 0.272. The van der Waals surface area contributed by atoms with E-state index < -0.39 is 10.1 Å². The molecule has 0 amide bonds. The molecule has 0 saturated carbocycles. The SMILES string of the molecule is NC(N)=NCc1ccc(S(=O)(=O)O)cc1. The summed E-state index contributed by atoms with van der Waals surface area (Å²) in [6, 6.07) is 5.62. The van der Waals surface area contributed by atoms with Crippen LogP contribution in [0.25, 0.3) is 0 Å². The van der Waals surface area contributed by atoms with E-state index in [1.165, 1.54) is 24.3 Å². The zero-order valence-electron chi connectivity index (χ0n) is 7.79. The van der Waals surface area contributed by atoms with Gasteiger partial charge >= 0.3 is 0 Å². The standard InChI is InChI=1S/C8H11N3O3S/c9-8(10)11-5-6-1-3-7(4-2-6)15(12,13)14/h1-4H,5H2,(H4,9,10,11)(H,12,13,14). The Hall–Kier alpha value is -1.60. The summed E-state index contributed by atoms with van der Waals surface area (Å²) < 4.78 is 30.1. The fourth-order valence-corrected chi connectivity index (χ4v) is 1.43. The Kier molecular flexibility index (Phi) is 3.28. The third kappa shape index (κ3) is 3.56. The third-order valence-corrected chi connectivity index (χ3v) is 2.53. The third-order valence-electron chi connectivity index (χ3n) is 1.67. The molecular formula is C8H11N3O3S. The lowest BCUT2D eigenvalue weighted by Crippen LogP contribution is -2.22. The van der Waals surface area contributed by atoms with Gasteiger partial charge in [0.15, 0.2) is 5.96 Å². The molecule has 0 heterocycles. The van der Waals surface area contributed by atoms with E-state index in [-0.39, 0.29) is 17.4 Å². The summed E-state index contributed by atoms with van der Waals surface area (Å²) in [4.78, 5) is 3.59. The van der Waals surface area contributed by atoms with E-state index in [2.05, 4.69) is 4.99 Å². The highest BCUT2D eigenvalue weighted by atomic mass is 32.2. The molecule has 5 N–H and O–H groups in total. The van der Waals surface area contributed by atoms with Crippen molar-refractivity contribution in [3.8, 4) is 0 Å². The lowest BCUT2D eigenvalue weighted by Gasteiger charge is -1.99. The van der Waals surface area contributed by atoms with Gasteiger partial charge < -0.3 is 11.5 Å². The molecule has 0 spiro atoms. The Morgan fingerprint density at radius 2 is 1.80 bits per heavy atom. The minimum atomic E-state index is -4.14. The normalized spacial score (nSPS) is 11.0. The quantitative estimate of drug-likeness (QED) is 0.373. The molecule has 1 aromatic carbocycles. The van der Waals surface area contributed by atoms with Gasteiger partial charge in [0.25, 0.3) is 10.1 Å². The zero-order valence-corrected chi connectivity index (χ0v) is 8.61. The van der Waals surface area contributed by atoms with E-state index in [1.54, 1.807) is 0 Å². The van der Waals surface area contributed by atoms with Gasteiger partial charge in [-0.3, -0.25) is 4.55 Å². The number of hydrogen-bond donors (Lipinski definition) is 3. The Balaban J connectivity index is 2.87. The van der Waals surface area contributed by atoms with Gasteiger partial charge in [-0.15, -0.1) is 0 Å². The highest BCUT2D eigenvalue weighted by Gasteiger charge is 2.07. The van der Waals surface area contributed by atoms with Gasteiger partial charge in [-0.05, 0) is 17.7 Å². The summed E-state index contributed by atoms with van der Waals surface area (Å²) in [6.07, 6.45) is 0. The fraction of sp³-hybridized carbons (Fsp3) is 0.125. The molecule has 82 valence electrons. The molecule has 15 heavy (non-hydrogen) atoms. The largest absolute Gasteiger partial charge is 0.370 e. The van der Waals surface area contributed by atoms with Gasteiger partial charge in [0.1, 0.15) is 0 Å². The molecule has 0 aliphatic heterocycles. The Bertz CT molecular complexity index is 460. The molecule has 0 fully saturated rings. The van der Waals surface area contributed by atoms with Crippen molar-refractivity contribution < 1.29 is 13.0 Å². The van der Waals surface area contributed by atoms with Crippen molar-refractivity contribution >= 4 is 16.1 Å². The van der Waals surface area contributed by atoms with E-state index in [9.17, 15) is 8.42 Å². The van der Waals surface area contributed by atoms with Crippen molar-refractivity contribution in [2.45, 2.75) is 11.4 Å². The molecule has 0 saturated heterocycles. The number of aliphatic imine (C=N–C) groups is 1. The van der Waals surface area contributed by atoms with Gasteiger partial charge in [0.2, 0.25) is 0 Å². The molecule has 0 aliphatic rings. The first-order valence-corrected chi connectivity index (χ1v) is 5.45. The Morgan fingerprint density at radius 1 is 1.27 bits per heavy atom. The number of benzene rings is 1. The van der Waals surface area contributed by atoms with Crippen molar-refractivity contribution in [1.29, 1.82) is 0 Å². The summed E-state index contributed by atoms with van der Waals surface area (Å²) in [5.41, 5.74) is 11.0. The van der Waals surface area contributed by atoms with Crippen LogP contribution in [0.5, 0.6) is 0 Å². The maximum atomic E-state index is 10.7. The molecule has 0 bridgehead atoms. The summed E-state index contributed by atoms with van der Waals surface area (Å²) in [7, 11) is -4.14. The van der Waals surface area contributed by atoms with Gasteiger partial charge in [-0.2, -0.15) is 8.42 Å². The lowest BCUT2D eigenvalue weighted by molar-refractivity contribution is 0.483. The van der Waals surface area contributed by atoms with Crippen LogP contribution in [-0.4, -0.2) is 18.9 Å². The first kappa shape index (κ1) is 11.5. The van der Waals surface area contributed by atoms with Crippen molar-refractivity contribution in [3.63, 3.8) is 0 Å². The predicted octanol–water partition coefficient (Wildman–Crippen LogP) is -0.293. The smallest absolute Gasteiger partial charge is 0.294 e. The van der Waals surface area contributed by atoms with E-state index in [0.29, 0.717) is 0 Å². The van der Waals surface area contributed by atoms with Gasteiger partial charge in [0, 0.05) is 0 Å². The first-order valence-electron chi connectivity index (χ1n) is 4.01. The highest BCUT2D eigenvalue weighted by molar-refractivity contribution is 7.85. The molecule has 0 aliphatic carbocycles. The topological polar surface area (TPSA) is 119 Å². The zero-order chi connectivity index (χ0) is 11.5. The van der Waals surface area contributed by atoms with Crippen LogP contribution in [0.3, 0.4) is 0 Å². The molecule has 0 aromatic heterocycles. The first-order chi connectivity index (χ1) is 6.89. The van der Waals surface area contributed by atoms with Crippen LogP contribution >= 0.6 is 0 Å². The van der Waals surface area contributed by atoms with Crippen molar-refractivity contribution in [2.75, 3.05) is 0 Å². The molecule has 0 atom stereocenters. The lowest BCUT2D eigenvalue weighted by atomic mass is 10.2. The van der Waals surface area contributed by atoms with E-state index in [4.69, 9.17) is 16.0 Å². The van der Waals surface area contributed by atoms with Crippen LogP contribution in [-0.2, 0) is 16.7 Å². The molecule has 0 radical (unpaired) electrons. The van der Waals surface area contributed by atoms with Crippen molar-refractivity contribution in [1.82, 2.24) is 0 Å². The second-order valence-electron chi connectivity index (χ2n) is 2.86. The van der Waals surface area contributed by atoms with E-state index in [0.717, 1.165) is 5.56 Å². The molecule has 1 aromatic rings. The van der Waals surface area contributed by atoms with E-state index >= 15 is 0 Å². The van der Waals surface area contributed by atoms with Gasteiger partial charge in [-0.25, -0.2) is 4.99 Å². The average molecular weight is 229 g/mol. The maximum absolute atomic E-state index is 10.7. The number of rotatable bonds is 3. The summed E-state index contributed by atoms with van der Waals surface area (Å²) in [5, 5.41) is 0. The summed E-state index contributed by atoms with van der Waals surface area (Å²) in [5.74, 6) is -0.0335. The summed E-state index contributed by atoms with van der Waals surface area (Å²) >= 11 is 0. The second-order valence-corrected chi connectivity index (χ2v) is 4.28. The monoisotopic (exact) mass is 229 g/mol. The molecule has 7 heteroatoms. The fourth-order valence-electron chi connectivity index (χ4n) is 0.949. The van der Waals surface area contributed by atoms with Crippen LogP contribution in [0.2, 0.25) is 0 Å². The van der Waals surface area contributed by atoms with Crippen molar-refractivity contribution in [3.05, 3.63) is 29.8 Å². The molecule has 6 nitrogen and oxygen atoms in total. The van der Waals surface area contributed by atoms with Crippen LogP contribution in [0, 0.1) is 0 Å². The Morgan fingerprint density at radius 3 is 2.20 bits per heavy atom. The van der Waals surface area contributed by atoms with Gasteiger partial charge in [-0.1, -0.05) is 12.1 Å². The molecular weight excluding hydrogens is 218 g/mol. The van der Waals surface area contributed by atoms with Crippen LogP contribution < -0.4 is 11.5 Å². The minimum Gasteiger partial charge on any atom is -0.370 e. The maximum Gasteiger partial charge on any atom is 0.294 e. The van der Waals surface area contributed by atoms with E-state index in [1.807, 2.05) is 0 Å². The second kappa shape index (κ2) is 4.28. The number of nitrogens with two attached hydrogens (primary N) is 2. The highest BCUT2D eigenvalue weighted by Crippen LogP contribution is 2.10. The van der Waals surface area contributed by atoms with Crippen LogP contribution in [0.4, 0.5) is 0 Å². The van der Waals surface area contributed by atoms with Crippen LogP contribution in [0.15, 0.2) is 34.2 Å². The number of guanidine groups is 1. The van der Waals surface area contributed by atoms with Gasteiger partial charge in [0.05, 0.1) is 11.4 Å². The molecule has 1 rings (SSSR count). The minimum absolute atomic E-state index is 0.0335. The Labute approximate surface area is 87.4 Å². The van der Waals surface area contributed by atoms with Crippen molar-refractivity contribution in [2.24, 2.45) is 16.5 Å². The predicted molar refractivity (Wildman–Crippen MR) is 55.8 cm³/mol. The number of hydrogen-bond acceptors (Lipinski definition) is 3. The van der Waals surface area contributed by atoms with Crippen LogP contribution in [0.1, 0.15) is 5.56 Å². The average Bonchev–Trinajstić information content (AvgIpc) is 2.14. The number of nitrogens with zero attached hydrogens (tertiary/aromatic N) is 1. The molecule has 0 unspecified atom stereocenters.